The van der Waals surface area contributed by atoms with Gasteiger partial charge in [0.15, 0.2) is 0 Å². The lowest BCUT2D eigenvalue weighted by molar-refractivity contribution is 0.0717. The summed E-state index contributed by atoms with van der Waals surface area (Å²) < 4.78 is 35.5. The van der Waals surface area contributed by atoms with Crippen LogP contribution in [0.1, 0.15) is 61.7 Å². The predicted octanol–water partition coefficient (Wildman–Crippen LogP) is 3.85. The van der Waals surface area contributed by atoms with Crippen LogP contribution in [0.2, 0.25) is 5.02 Å². The number of hydrogen-bond acceptors (Lipinski definition) is 7. The third-order valence-corrected chi connectivity index (χ3v) is 7.89. The highest BCUT2D eigenvalue weighted by molar-refractivity contribution is 7.84. The number of rotatable bonds is 8. The molecule has 9 nitrogen and oxygen atoms in total. The smallest absolute Gasteiger partial charge is 0.333 e. The zero-order chi connectivity index (χ0) is 24.6. The van der Waals surface area contributed by atoms with Crippen molar-refractivity contribution in [1.82, 2.24) is 14.5 Å². The Kier molecular flexibility index (Phi) is 7.00. The summed E-state index contributed by atoms with van der Waals surface area (Å²) in [5.41, 5.74) is 2.80. The van der Waals surface area contributed by atoms with Crippen LogP contribution in [0, 0.1) is 5.92 Å². The quantitative estimate of drug-likeness (QED) is 0.461. The largest absolute Gasteiger partial charge is 0.472 e. The van der Waals surface area contributed by atoms with Crippen LogP contribution >= 0.6 is 11.6 Å². The fourth-order valence-electron chi connectivity index (χ4n) is 5.45. The molecule has 188 valence electrons. The van der Waals surface area contributed by atoms with Gasteiger partial charge in [-0.15, -0.1) is 0 Å². The van der Waals surface area contributed by atoms with E-state index < -0.39 is 16.4 Å². The molecule has 35 heavy (non-hydrogen) atoms. The van der Waals surface area contributed by atoms with E-state index in [-0.39, 0.29) is 18.6 Å². The SMILES string of the molecule is NS(=O)(=O)OC[C@@H]1CC[C@@H](n2c(C3CCCC3)cc3c(OCc4ccc(Cl)cc4)ncnc32)[C@@H]1O. The summed E-state index contributed by atoms with van der Waals surface area (Å²) in [5.74, 6) is 0.513. The molecule has 3 N–H and O–H groups in total. The third-order valence-electron chi connectivity index (χ3n) is 7.18. The number of benzene rings is 1. The first kappa shape index (κ1) is 24.5. The van der Waals surface area contributed by atoms with Crippen LogP contribution in [-0.2, 0) is 21.1 Å². The molecule has 0 bridgehead atoms. The van der Waals surface area contributed by atoms with E-state index in [1.54, 1.807) is 0 Å². The Hall–Kier alpha value is -2.24. The predicted molar refractivity (Wildman–Crippen MR) is 131 cm³/mol. The van der Waals surface area contributed by atoms with Gasteiger partial charge in [-0.25, -0.2) is 15.1 Å². The van der Waals surface area contributed by atoms with Crippen molar-refractivity contribution in [1.29, 1.82) is 0 Å². The molecule has 0 amide bonds. The van der Waals surface area contributed by atoms with Crippen LogP contribution in [0.15, 0.2) is 36.7 Å². The maximum Gasteiger partial charge on any atom is 0.333 e. The van der Waals surface area contributed by atoms with Crippen molar-refractivity contribution < 1.29 is 22.4 Å². The van der Waals surface area contributed by atoms with Crippen molar-refractivity contribution in [2.45, 2.75) is 63.2 Å². The van der Waals surface area contributed by atoms with Gasteiger partial charge in [0.1, 0.15) is 18.6 Å². The van der Waals surface area contributed by atoms with Crippen LogP contribution in [0.3, 0.4) is 0 Å². The number of halogens is 1. The molecule has 2 aliphatic rings. The average molecular weight is 521 g/mol. The second-order valence-corrected chi connectivity index (χ2v) is 11.1. The van der Waals surface area contributed by atoms with E-state index in [0.29, 0.717) is 41.9 Å². The molecule has 0 unspecified atom stereocenters. The summed E-state index contributed by atoms with van der Waals surface area (Å²) in [6.07, 6.45) is 6.46. The minimum atomic E-state index is -4.06. The maximum absolute atomic E-state index is 11.3. The Labute approximate surface area is 209 Å². The van der Waals surface area contributed by atoms with Gasteiger partial charge in [-0.1, -0.05) is 36.6 Å². The number of nitrogens with zero attached hydrogens (tertiary/aromatic N) is 3. The Balaban J connectivity index is 1.47. The Bertz CT molecular complexity index is 1290. The van der Waals surface area contributed by atoms with Crippen molar-refractivity contribution >= 4 is 32.9 Å². The van der Waals surface area contributed by atoms with Crippen LogP contribution in [0.5, 0.6) is 5.88 Å². The first-order valence-corrected chi connectivity index (χ1v) is 13.7. The lowest BCUT2D eigenvalue weighted by Gasteiger charge is -2.25. The van der Waals surface area contributed by atoms with Gasteiger partial charge >= 0.3 is 10.3 Å². The number of aliphatic hydroxyl groups is 1. The highest BCUT2D eigenvalue weighted by Gasteiger charge is 2.39. The molecule has 2 aromatic heterocycles. The number of fused-ring (bicyclic) bond motifs is 1. The molecule has 2 heterocycles. The van der Waals surface area contributed by atoms with Crippen molar-refractivity contribution in [2.75, 3.05) is 6.61 Å². The molecule has 2 aliphatic carbocycles. The fourth-order valence-corrected chi connectivity index (χ4v) is 5.94. The Morgan fingerprint density at radius 2 is 1.86 bits per heavy atom. The molecule has 0 aliphatic heterocycles. The molecule has 0 saturated heterocycles. The van der Waals surface area contributed by atoms with Gasteiger partial charge in [-0.3, -0.25) is 4.18 Å². The van der Waals surface area contributed by atoms with E-state index in [4.69, 9.17) is 25.7 Å². The Morgan fingerprint density at radius 3 is 2.57 bits per heavy atom. The molecule has 3 atom stereocenters. The van der Waals surface area contributed by atoms with Crippen molar-refractivity contribution in [3.63, 3.8) is 0 Å². The zero-order valence-electron chi connectivity index (χ0n) is 19.2. The van der Waals surface area contributed by atoms with E-state index in [9.17, 15) is 13.5 Å². The van der Waals surface area contributed by atoms with Crippen LogP contribution in [0.25, 0.3) is 11.0 Å². The van der Waals surface area contributed by atoms with Crippen LogP contribution in [-0.4, -0.2) is 40.8 Å². The van der Waals surface area contributed by atoms with E-state index in [0.717, 1.165) is 42.3 Å². The van der Waals surface area contributed by atoms with Crippen molar-refractivity contribution in [3.8, 4) is 5.88 Å². The molecule has 2 saturated carbocycles. The second-order valence-electron chi connectivity index (χ2n) is 9.42. The summed E-state index contributed by atoms with van der Waals surface area (Å²) in [6.45, 7) is 0.200. The summed E-state index contributed by atoms with van der Waals surface area (Å²) in [5, 5.41) is 17.6. The molecule has 3 aromatic rings. The van der Waals surface area contributed by atoms with Gasteiger partial charge in [0.05, 0.1) is 24.1 Å². The minimum absolute atomic E-state index is 0.140. The number of ether oxygens (including phenoxy) is 1. The normalized spacial score (nSPS) is 23.3. The van der Waals surface area contributed by atoms with Crippen LogP contribution in [0.4, 0.5) is 0 Å². The van der Waals surface area contributed by atoms with Gasteiger partial charge in [-0.2, -0.15) is 8.42 Å². The second kappa shape index (κ2) is 10.0. The summed E-state index contributed by atoms with van der Waals surface area (Å²) >= 11 is 5.99. The summed E-state index contributed by atoms with van der Waals surface area (Å²) in [6, 6.07) is 9.31. The molecule has 2 fully saturated rings. The Morgan fingerprint density at radius 1 is 1.11 bits per heavy atom. The summed E-state index contributed by atoms with van der Waals surface area (Å²) in [7, 11) is -4.06. The van der Waals surface area contributed by atoms with Gasteiger partial charge in [0, 0.05) is 16.6 Å². The number of nitrogens with two attached hydrogens (primary N) is 1. The van der Waals surface area contributed by atoms with Crippen molar-refractivity contribution in [3.05, 3.63) is 52.9 Å². The molecule has 1 aromatic carbocycles. The molecule has 0 spiro atoms. The van der Waals surface area contributed by atoms with Crippen molar-refractivity contribution in [2.24, 2.45) is 11.1 Å². The molecule has 0 radical (unpaired) electrons. The van der Waals surface area contributed by atoms with E-state index >= 15 is 0 Å². The molecular weight excluding hydrogens is 492 g/mol. The lowest BCUT2D eigenvalue weighted by Crippen LogP contribution is -2.29. The van der Waals surface area contributed by atoms with Gasteiger partial charge in [0.25, 0.3) is 0 Å². The molecular formula is C24H29ClN4O5S. The van der Waals surface area contributed by atoms with Gasteiger partial charge in [0.2, 0.25) is 5.88 Å². The van der Waals surface area contributed by atoms with Crippen LogP contribution < -0.4 is 9.88 Å². The lowest BCUT2D eigenvalue weighted by atomic mass is 10.0. The number of aliphatic hydroxyl groups excluding tert-OH is 1. The summed E-state index contributed by atoms with van der Waals surface area (Å²) in [4.78, 5) is 8.99. The minimum Gasteiger partial charge on any atom is -0.472 e. The monoisotopic (exact) mass is 520 g/mol. The molecule has 11 heteroatoms. The van der Waals surface area contributed by atoms with E-state index in [1.807, 2.05) is 24.3 Å². The number of hydrogen-bond donors (Lipinski definition) is 2. The maximum atomic E-state index is 11.3. The highest BCUT2D eigenvalue weighted by atomic mass is 35.5. The first-order chi connectivity index (χ1) is 16.8. The number of aromatic nitrogens is 3. The topological polar surface area (TPSA) is 130 Å². The average Bonchev–Trinajstić information content (AvgIpc) is 3.55. The van der Waals surface area contributed by atoms with E-state index in [1.165, 1.54) is 6.33 Å². The molecule has 5 rings (SSSR count). The highest BCUT2D eigenvalue weighted by Crippen LogP contribution is 2.44. The third kappa shape index (κ3) is 5.31. The fraction of sp³-hybridized carbons (Fsp3) is 0.500. The van der Waals surface area contributed by atoms with Gasteiger partial charge in [-0.05, 0) is 55.4 Å². The van der Waals surface area contributed by atoms with E-state index in [2.05, 4.69) is 20.6 Å². The standard InChI is InChI=1S/C24H29ClN4O5S/c25-18-8-5-15(6-9-18)12-33-24-19-11-21(16-3-1-2-4-16)29(23(19)27-14-28-24)20-10-7-17(22(20)30)13-34-35(26,31)32/h5-6,8-9,11,14,16-17,20,22,30H,1-4,7,10,12-13H2,(H2,26,31,32)/t17-,20+,22+/m0/s1. The van der Waals surface area contributed by atoms with Gasteiger partial charge < -0.3 is 14.4 Å². The first-order valence-electron chi connectivity index (χ1n) is 11.9. The zero-order valence-corrected chi connectivity index (χ0v) is 20.8.